The van der Waals surface area contributed by atoms with Gasteiger partial charge in [-0.05, 0) is 18.2 Å². The summed E-state index contributed by atoms with van der Waals surface area (Å²) in [5, 5.41) is 9.84. The summed E-state index contributed by atoms with van der Waals surface area (Å²) in [5.74, 6) is 2.22. The number of ether oxygens (including phenoxy) is 2. The third-order valence-electron chi connectivity index (χ3n) is 4.79. The number of allylic oxidation sites excluding steroid dienone is 1. The molecule has 3 aliphatic rings. The van der Waals surface area contributed by atoms with Crippen LogP contribution in [0.3, 0.4) is 0 Å². The molecule has 7 nitrogen and oxygen atoms in total. The van der Waals surface area contributed by atoms with Crippen LogP contribution in [0, 0.1) is 0 Å². The van der Waals surface area contributed by atoms with E-state index in [9.17, 15) is 5.11 Å². The molecule has 1 aromatic carbocycles. The number of anilines is 1. The smallest absolute Gasteiger partial charge is 0.201 e. The number of benzene rings is 1. The molecule has 1 N–H and O–H groups in total. The molecule has 0 saturated carbocycles. The van der Waals surface area contributed by atoms with E-state index < -0.39 is 0 Å². The van der Waals surface area contributed by atoms with Gasteiger partial charge in [0.25, 0.3) is 0 Å². The van der Waals surface area contributed by atoms with E-state index in [0.29, 0.717) is 24.8 Å². The topological polar surface area (TPSA) is 80.1 Å². The second-order valence-electron chi connectivity index (χ2n) is 6.45. The summed E-state index contributed by atoms with van der Waals surface area (Å²) in [4.78, 5) is 16.2. The molecule has 7 heteroatoms. The Morgan fingerprint density at radius 3 is 2.88 bits per heavy atom. The first-order valence-corrected chi connectivity index (χ1v) is 8.70. The molecule has 4 heterocycles. The van der Waals surface area contributed by atoms with Crippen molar-refractivity contribution in [2.45, 2.75) is 12.1 Å². The molecular weight excluding hydrogens is 332 g/mol. The second-order valence-corrected chi connectivity index (χ2v) is 6.45. The van der Waals surface area contributed by atoms with E-state index in [1.54, 1.807) is 24.4 Å². The lowest BCUT2D eigenvalue weighted by molar-refractivity contribution is 0.122. The molecular formula is C19H18N4O3. The van der Waals surface area contributed by atoms with Gasteiger partial charge in [0.2, 0.25) is 6.23 Å². The number of rotatable bonds is 2. The summed E-state index contributed by atoms with van der Waals surface area (Å²) < 4.78 is 11.6. The van der Waals surface area contributed by atoms with Crippen LogP contribution in [0.5, 0.6) is 11.5 Å². The van der Waals surface area contributed by atoms with Gasteiger partial charge in [0.15, 0.2) is 17.4 Å². The van der Waals surface area contributed by atoms with Crippen LogP contribution < -0.4 is 9.64 Å². The average molecular weight is 350 g/mol. The number of phenolic OH excluding ortho intramolecular Hbond substituents is 1. The van der Waals surface area contributed by atoms with Crippen LogP contribution in [-0.4, -0.2) is 53.8 Å². The Morgan fingerprint density at radius 2 is 2.04 bits per heavy atom. The maximum absolute atomic E-state index is 9.84. The van der Waals surface area contributed by atoms with Crippen LogP contribution in [0.4, 0.5) is 5.82 Å². The lowest BCUT2D eigenvalue weighted by Crippen LogP contribution is -2.37. The summed E-state index contributed by atoms with van der Waals surface area (Å²) >= 11 is 0. The standard InChI is InChI=1S/C19H18N4O3/c24-13-4-1-3-12(11-13)17-21-15-14-5-2-6-20-19(14)26-16(15)18(22-17)23-7-9-25-10-8-23/h1-6,11,14,19,24H,7-10H2. The molecule has 3 aliphatic heterocycles. The number of aliphatic imine (C=N–C) groups is 1. The van der Waals surface area contributed by atoms with Crippen molar-refractivity contribution in [2.75, 3.05) is 31.2 Å². The van der Waals surface area contributed by atoms with E-state index in [2.05, 4.69) is 16.0 Å². The van der Waals surface area contributed by atoms with Gasteiger partial charge < -0.3 is 19.5 Å². The summed E-state index contributed by atoms with van der Waals surface area (Å²) in [6.45, 7) is 2.82. The van der Waals surface area contributed by atoms with Crippen molar-refractivity contribution in [3.63, 3.8) is 0 Å². The van der Waals surface area contributed by atoms with Crippen molar-refractivity contribution in [1.82, 2.24) is 9.97 Å². The molecule has 132 valence electrons. The van der Waals surface area contributed by atoms with E-state index in [-0.39, 0.29) is 17.9 Å². The third-order valence-corrected chi connectivity index (χ3v) is 4.79. The molecule has 2 unspecified atom stereocenters. The number of hydrogen-bond donors (Lipinski definition) is 1. The lowest BCUT2D eigenvalue weighted by atomic mass is 10.0. The van der Waals surface area contributed by atoms with E-state index >= 15 is 0 Å². The number of nitrogens with zero attached hydrogens (tertiary/aromatic N) is 4. The number of hydrogen-bond acceptors (Lipinski definition) is 7. The van der Waals surface area contributed by atoms with E-state index in [4.69, 9.17) is 19.4 Å². The monoisotopic (exact) mass is 350 g/mol. The van der Waals surface area contributed by atoms with Gasteiger partial charge in [-0.1, -0.05) is 18.2 Å². The Morgan fingerprint density at radius 1 is 1.15 bits per heavy atom. The molecule has 2 aromatic rings. The first-order valence-electron chi connectivity index (χ1n) is 8.70. The average Bonchev–Trinajstić information content (AvgIpc) is 3.06. The van der Waals surface area contributed by atoms with Crippen LogP contribution in [0.1, 0.15) is 11.6 Å². The van der Waals surface area contributed by atoms with Crippen molar-refractivity contribution in [1.29, 1.82) is 0 Å². The highest BCUT2D eigenvalue weighted by Crippen LogP contribution is 2.45. The number of aromatic nitrogens is 2. The van der Waals surface area contributed by atoms with Gasteiger partial charge >= 0.3 is 0 Å². The molecule has 0 radical (unpaired) electrons. The minimum atomic E-state index is -0.288. The van der Waals surface area contributed by atoms with E-state index in [0.717, 1.165) is 30.2 Å². The molecule has 2 atom stereocenters. The Kier molecular flexibility index (Phi) is 3.60. The van der Waals surface area contributed by atoms with Crippen molar-refractivity contribution in [3.8, 4) is 22.9 Å². The van der Waals surface area contributed by atoms with Crippen LogP contribution >= 0.6 is 0 Å². The fraction of sp³-hybridized carbons (Fsp3) is 0.316. The number of phenols is 1. The highest BCUT2D eigenvalue weighted by atomic mass is 16.5. The molecule has 0 amide bonds. The Labute approximate surface area is 150 Å². The SMILES string of the molecule is Oc1cccc(-c2nc3c(c(N4CCOCC4)n2)OC2N=CC=CC32)c1. The lowest BCUT2D eigenvalue weighted by Gasteiger charge is -2.29. The van der Waals surface area contributed by atoms with Crippen molar-refractivity contribution < 1.29 is 14.6 Å². The summed E-state index contributed by atoms with van der Waals surface area (Å²) in [5.41, 5.74) is 1.62. The number of dihydropyridines is 1. The highest BCUT2D eigenvalue weighted by molar-refractivity contribution is 5.74. The fourth-order valence-corrected chi connectivity index (χ4v) is 3.50. The first kappa shape index (κ1) is 15.3. The van der Waals surface area contributed by atoms with Gasteiger partial charge in [0, 0.05) is 24.9 Å². The Balaban J connectivity index is 1.66. The van der Waals surface area contributed by atoms with Crippen LogP contribution in [0.25, 0.3) is 11.4 Å². The van der Waals surface area contributed by atoms with Gasteiger partial charge in [-0.25, -0.2) is 15.0 Å². The largest absolute Gasteiger partial charge is 0.508 e. The molecule has 0 spiro atoms. The van der Waals surface area contributed by atoms with Crippen LogP contribution in [0.2, 0.25) is 0 Å². The van der Waals surface area contributed by atoms with Crippen molar-refractivity contribution >= 4 is 12.0 Å². The first-order chi connectivity index (χ1) is 12.8. The Hall–Kier alpha value is -2.93. The van der Waals surface area contributed by atoms with E-state index in [1.807, 2.05) is 12.1 Å². The number of morpholine rings is 1. The fourth-order valence-electron chi connectivity index (χ4n) is 3.50. The summed E-state index contributed by atoms with van der Waals surface area (Å²) in [7, 11) is 0. The van der Waals surface area contributed by atoms with Gasteiger partial charge in [-0.2, -0.15) is 0 Å². The van der Waals surface area contributed by atoms with Gasteiger partial charge in [0.05, 0.1) is 19.1 Å². The third kappa shape index (κ3) is 2.52. The second kappa shape index (κ2) is 6.10. The molecule has 26 heavy (non-hydrogen) atoms. The molecule has 0 bridgehead atoms. The van der Waals surface area contributed by atoms with Gasteiger partial charge in [-0.3, -0.25) is 0 Å². The zero-order valence-corrected chi connectivity index (χ0v) is 14.1. The molecule has 1 saturated heterocycles. The van der Waals surface area contributed by atoms with Crippen LogP contribution in [-0.2, 0) is 4.74 Å². The molecule has 1 fully saturated rings. The van der Waals surface area contributed by atoms with Gasteiger partial charge in [0.1, 0.15) is 11.4 Å². The summed E-state index contributed by atoms with van der Waals surface area (Å²) in [6, 6.07) is 7.00. The quantitative estimate of drug-likeness (QED) is 0.894. The Bertz CT molecular complexity index is 906. The summed E-state index contributed by atoms with van der Waals surface area (Å²) in [6.07, 6.45) is 5.45. The molecule has 0 aliphatic carbocycles. The number of fused-ring (bicyclic) bond motifs is 3. The molecule has 1 aromatic heterocycles. The van der Waals surface area contributed by atoms with Gasteiger partial charge in [-0.15, -0.1) is 0 Å². The highest BCUT2D eigenvalue weighted by Gasteiger charge is 2.39. The molecule has 5 rings (SSSR count). The van der Waals surface area contributed by atoms with Crippen molar-refractivity contribution in [2.24, 2.45) is 4.99 Å². The zero-order valence-electron chi connectivity index (χ0n) is 14.1. The maximum Gasteiger partial charge on any atom is 0.201 e. The van der Waals surface area contributed by atoms with Crippen LogP contribution in [0.15, 0.2) is 41.4 Å². The maximum atomic E-state index is 9.84. The predicted molar refractivity (Wildman–Crippen MR) is 97.0 cm³/mol. The van der Waals surface area contributed by atoms with Crippen molar-refractivity contribution in [3.05, 3.63) is 42.1 Å². The van der Waals surface area contributed by atoms with E-state index in [1.165, 1.54) is 0 Å². The normalized spacial score (nSPS) is 23.5. The predicted octanol–water partition coefficient (Wildman–Crippen LogP) is 2.13. The zero-order chi connectivity index (χ0) is 17.5. The number of aromatic hydroxyl groups is 1. The minimum Gasteiger partial charge on any atom is -0.508 e. The minimum absolute atomic E-state index is 0.0196.